The highest BCUT2D eigenvalue weighted by Gasteiger charge is 2.27. The number of carbonyl (C=O) groups excluding carboxylic acids is 5. The summed E-state index contributed by atoms with van der Waals surface area (Å²) in [5.41, 5.74) is 1.51. The first kappa shape index (κ1) is 30.8. The molecular weight excluding hydrogens is 506 g/mol. The number of amides is 5. The highest BCUT2D eigenvalue weighted by atomic mass is 16.6. The molecule has 1 heterocycles. The number of hydrogen-bond donors (Lipinski definition) is 4. The van der Waals surface area contributed by atoms with Crippen LogP contribution in [0.15, 0.2) is 35.0 Å². The zero-order chi connectivity index (χ0) is 29.2. The number of ether oxygens (including phenoxy) is 1. The first-order valence-corrected chi connectivity index (χ1v) is 12.4. The van der Waals surface area contributed by atoms with Gasteiger partial charge in [-0.3, -0.25) is 24.1 Å². The predicted molar refractivity (Wildman–Crippen MR) is 147 cm³/mol. The number of hydrogen-bond acceptors (Lipinski definition) is 8. The lowest BCUT2D eigenvalue weighted by atomic mass is 10.1. The fourth-order valence-corrected chi connectivity index (χ4v) is 3.27. The largest absolute Gasteiger partial charge is 0.444 e. The number of carbonyl (C=O) groups is 5. The normalized spacial score (nSPS) is 14.0. The SMILES string of the molecule is CC1=N/C(=C\c2ccc(N(C)C)cc2)C(=O)N1CCNC(=O)CNC(=O)CNC(=O)CNC(=O)OC(C)(C)C. The van der Waals surface area contributed by atoms with Crippen molar-refractivity contribution in [3.05, 3.63) is 35.5 Å². The van der Waals surface area contributed by atoms with Gasteiger partial charge < -0.3 is 30.9 Å². The Kier molecular flexibility index (Phi) is 11.0. The third-order valence-electron chi connectivity index (χ3n) is 5.19. The van der Waals surface area contributed by atoms with Gasteiger partial charge in [0.05, 0.1) is 13.1 Å². The van der Waals surface area contributed by atoms with Crippen LogP contribution in [-0.2, 0) is 23.9 Å². The molecule has 0 fully saturated rings. The average Bonchev–Trinajstić information content (AvgIpc) is 3.11. The molecule has 0 unspecified atom stereocenters. The zero-order valence-corrected chi connectivity index (χ0v) is 23.2. The summed E-state index contributed by atoms with van der Waals surface area (Å²) in [5.74, 6) is -1.37. The second-order valence-corrected chi connectivity index (χ2v) is 9.89. The maximum atomic E-state index is 12.8. The van der Waals surface area contributed by atoms with Crippen molar-refractivity contribution in [1.82, 2.24) is 26.2 Å². The second kappa shape index (κ2) is 13.9. The predicted octanol–water partition coefficient (Wildman–Crippen LogP) is 0.227. The summed E-state index contributed by atoms with van der Waals surface area (Å²) in [7, 11) is 3.89. The molecule has 13 nitrogen and oxygen atoms in total. The number of amidine groups is 1. The minimum Gasteiger partial charge on any atom is -0.444 e. The van der Waals surface area contributed by atoms with Crippen molar-refractivity contribution in [3.63, 3.8) is 0 Å². The Hall–Kier alpha value is -4.42. The van der Waals surface area contributed by atoms with Gasteiger partial charge in [-0.05, 0) is 51.5 Å². The minimum atomic E-state index is -0.752. The summed E-state index contributed by atoms with van der Waals surface area (Å²) in [6.45, 7) is 6.12. The molecule has 0 aromatic heterocycles. The molecule has 1 aromatic carbocycles. The van der Waals surface area contributed by atoms with Gasteiger partial charge in [-0.1, -0.05) is 12.1 Å². The molecule has 0 bridgehead atoms. The lowest BCUT2D eigenvalue weighted by Gasteiger charge is -2.19. The van der Waals surface area contributed by atoms with Gasteiger partial charge in [0.25, 0.3) is 5.91 Å². The fraction of sp³-hybridized carbons (Fsp3) is 0.462. The van der Waals surface area contributed by atoms with E-state index in [-0.39, 0.29) is 38.6 Å². The van der Waals surface area contributed by atoms with E-state index in [0.29, 0.717) is 11.5 Å². The van der Waals surface area contributed by atoms with Gasteiger partial charge >= 0.3 is 6.09 Å². The van der Waals surface area contributed by atoms with Crippen molar-refractivity contribution in [2.45, 2.75) is 33.3 Å². The molecule has 13 heteroatoms. The Labute approximate surface area is 228 Å². The standard InChI is InChI=1S/C26H37N7O6/c1-17-31-20(13-18-7-9-19(10-8-18)32(5)6)24(37)33(17)12-11-27-21(34)14-28-22(35)15-29-23(36)16-30-25(38)39-26(2,3)4/h7-10,13H,11-12,14-16H2,1-6H3,(H,27,34)(H,28,35)(H,29,36)(H,30,38)/b20-13-. The summed E-state index contributed by atoms with van der Waals surface area (Å²) in [6, 6.07) is 7.72. The molecule has 0 atom stereocenters. The van der Waals surface area contributed by atoms with Crippen molar-refractivity contribution < 1.29 is 28.7 Å². The molecule has 0 saturated carbocycles. The topological polar surface area (TPSA) is 162 Å². The van der Waals surface area contributed by atoms with Crippen LogP contribution < -0.4 is 26.2 Å². The van der Waals surface area contributed by atoms with Crippen molar-refractivity contribution in [2.75, 3.05) is 51.7 Å². The van der Waals surface area contributed by atoms with E-state index in [2.05, 4.69) is 26.3 Å². The van der Waals surface area contributed by atoms with E-state index in [0.717, 1.165) is 11.3 Å². The molecule has 212 valence electrons. The van der Waals surface area contributed by atoms with E-state index >= 15 is 0 Å². The van der Waals surface area contributed by atoms with Crippen LogP contribution >= 0.6 is 0 Å². The highest BCUT2D eigenvalue weighted by Crippen LogP contribution is 2.20. The summed E-state index contributed by atoms with van der Waals surface area (Å²) < 4.78 is 5.01. The third kappa shape index (κ3) is 10.8. The Morgan fingerprint density at radius 2 is 1.46 bits per heavy atom. The van der Waals surface area contributed by atoms with E-state index in [1.807, 2.05) is 43.3 Å². The van der Waals surface area contributed by atoms with Crippen LogP contribution in [0, 0.1) is 0 Å². The fourth-order valence-electron chi connectivity index (χ4n) is 3.27. The summed E-state index contributed by atoms with van der Waals surface area (Å²) >= 11 is 0. The van der Waals surface area contributed by atoms with Gasteiger partial charge in [0.2, 0.25) is 17.7 Å². The molecular formula is C26H37N7O6. The molecule has 1 aromatic rings. The van der Waals surface area contributed by atoms with Crippen LogP contribution in [0.2, 0.25) is 0 Å². The molecule has 2 rings (SSSR count). The van der Waals surface area contributed by atoms with Gasteiger partial charge in [-0.2, -0.15) is 0 Å². The van der Waals surface area contributed by atoms with Crippen molar-refractivity contribution in [2.24, 2.45) is 4.99 Å². The Morgan fingerprint density at radius 3 is 2.00 bits per heavy atom. The molecule has 5 amide bonds. The molecule has 39 heavy (non-hydrogen) atoms. The van der Waals surface area contributed by atoms with E-state index < -0.39 is 29.4 Å². The summed E-state index contributed by atoms with van der Waals surface area (Å²) in [4.78, 5) is 67.8. The summed E-state index contributed by atoms with van der Waals surface area (Å²) in [5, 5.41) is 9.61. The first-order chi connectivity index (χ1) is 18.2. The van der Waals surface area contributed by atoms with Crippen LogP contribution in [0.4, 0.5) is 10.5 Å². The number of nitrogens with one attached hydrogen (secondary N) is 4. The highest BCUT2D eigenvalue weighted by molar-refractivity contribution is 6.13. The number of benzene rings is 1. The van der Waals surface area contributed by atoms with Gasteiger partial charge in [0, 0.05) is 32.9 Å². The van der Waals surface area contributed by atoms with Crippen molar-refractivity contribution in [1.29, 1.82) is 0 Å². The van der Waals surface area contributed by atoms with E-state index in [4.69, 9.17) is 4.74 Å². The lowest BCUT2D eigenvalue weighted by Crippen LogP contribution is -2.45. The van der Waals surface area contributed by atoms with Gasteiger partial charge in [0.15, 0.2) is 0 Å². The number of nitrogens with zero attached hydrogens (tertiary/aromatic N) is 3. The van der Waals surface area contributed by atoms with Crippen molar-refractivity contribution in [3.8, 4) is 0 Å². The smallest absolute Gasteiger partial charge is 0.408 e. The number of aliphatic imine (C=N–C) groups is 1. The first-order valence-electron chi connectivity index (χ1n) is 12.4. The number of alkyl carbamates (subject to hydrolysis) is 1. The maximum Gasteiger partial charge on any atom is 0.408 e. The van der Waals surface area contributed by atoms with Crippen LogP contribution in [0.1, 0.15) is 33.3 Å². The van der Waals surface area contributed by atoms with Crippen LogP contribution in [-0.4, -0.2) is 92.9 Å². The molecule has 1 aliphatic heterocycles. The average molecular weight is 544 g/mol. The van der Waals surface area contributed by atoms with Crippen LogP contribution in [0.3, 0.4) is 0 Å². The summed E-state index contributed by atoms with van der Waals surface area (Å²) in [6.07, 6.45) is 0.962. The van der Waals surface area contributed by atoms with Gasteiger partial charge in [0.1, 0.15) is 23.7 Å². The molecule has 0 spiro atoms. The molecule has 0 aliphatic carbocycles. The third-order valence-corrected chi connectivity index (χ3v) is 5.19. The Morgan fingerprint density at radius 1 is 0.923 bits per heavy atom. The minimum absolute atomic E-state index is 0.158. The number of anilines is 1. The van der Waals surface area contributed by atoms with E-state index in [1.165, 1.54) is 4.90 Å². The quantitative estimate of drug-likeness (QED) is 0.291. The Bertz CT molecular complexity index is 1140. The second-order valence-electron chi connectivity index (χ2n) is 9.89. The van der Waals surface area contributed by atoms with Crippen LogP contribution in [0.25, 0.3) is 6.08 Å². The lowest BCUT2D eigenvalue weighted by molar-refractivity contribution is -0.127. The Balaban J connectivity index is 1.67. The van der Waals surface area contributed by atoms with Crippen LogP contribution in [0.5, 0.6) is 0 Å². The van der Waals surface area contributed by atoms with E-state index in [9.17, 15) is 24.0 Å². The van der Waals surface area contributed by atoms with Gasteiger partial charge in [-0.15, -0.1) is 0 Å². The monoisotopic (exact) mass is 543 g/mol. The molecule has 4 N–H and O–H groups in total. The molecule has 0 radical (unpaired) electrons. The molecule has 1 aliphatic rings. The zero-order valence-electron chi connectivity index (χ0n) is 23.2. The molecule has 0 saturated heterocycles. The number of rotatable bonds is 11. The van der Waals surface area contributed by atoms with Gasteiger partial charge in [-0.25, -0.2) is 9.79 Å². The maximum absolute atomic E-state index is 12.8. The van der Waals surface area contributed by atoms with Crippen molar-refractivity contribution >= 4 is 47.3 Å². The van der Waals surface area contributed by atoms with E-state index in [1.54, 1.807) is 33.8 Å².